The maximum absolute atomic E-state index is 13.0. The Morgan fingerprint density at radius 3 is 2.53 bits per heavy atom. The molecule has 1 aliphatic rings. The largest absolute Gasteiger partial charge is 0.418 e. The quantitative estimate of drug-likeness (QED) is 0.774. The van der Waals surface area contributed by atoms with Crippen LogP contribution < -0.4 is 5.32 Å². The Morgan fingerprint density at radius 2 is 2.00 bits per heavy atom. The summed E-state index contributed by atoms with van der Waals surface area (Å²) >= 11 is 5.94. The van der Waals surface area contributed by atoms with Crippen LogP contribution in [0.5, 0.6) is 0 Å². The van der Waals surface area contributed by atoms with Crippen molar-refractivity contribution in [1.82, 2.24) is 0 Å². The molecule has 0 aliphatic heterocycles. The molecule has 1 unspecified atom stereocenters. The first-order valence-corrected chi connectivity index (χ1v) is 6.72. The van der Waals surface area contributed by atoms with Gasteiger partial charge in [0.05, 0.1) is 16.3 Å². The minimum atomic E-state index is -4.39. The maximum atomic E-state index is 13.0. The summed E-state index contributed by atoms with van der Waals surface area (Å²) in [5.74, 6) is 0. The summed E-state index contributed by atoms with van der Waals surface area (Å²) in [5, 5.41) is 3.15. The predicted molar refractivity (Wildman–Crippen MR) is 71.5 cm³/mol. The number of hydrogen-bond donors (Lipinski definition) is 1. The fourth-order valence-corrected chi connectivity index (χ4v) is 2.90. The van der Waals surface area contributed by atoms with Gasteiger partial charge >= 0.3 is 6.18 Å². The molecule has 1 saturated carbocycles. The number of halogens is 4. The highest BCUT2D eigenvalue weighted by atomic mass is 35.5. The van der Waals surface area contributed by atoms with Gasteiger partial charge in [0.1, 0.15) is 0 Å². The highest BCUT2D eigenvalue weighted by Crippen LogP contribution is 2.43. The third-order valence-electron chi connectivity index (χ3n) is 3.89. The molecule has 0 bridgehead atoms. The summed E-state index contributed by atoms with van der Waals surface area (Å²) in [5.41, 5.74) is -0.693. The molecule has 1 aromatic rings. The van der Waals surface area contributed by atoms with E-state index in [4.69, 9.17) is 11.6 Å². The molecule has 1 fully saturated rings. The van der Waals surface area contributed by atoms with Gasteiger partial charge in [-0.05, 0) is 30.4 Å². The van der Waals surface area contributed by atoms with Crippen molar-refractivity contribution in [2.75, 3.05) is 5.32 Å². The van der Waals surface area contributed by atoms with Crippen molar-refractivity contribution in [3.05, 3.63) is 28.8 Å². The predicted octanol–water partition coefficient (Wildman–Crippen LogP) is 5.35. The molecule has 1 atom stereocenters. The van der Waals surface area contributed by atoms with Gasteiger partial charge < -0.3 is 5.32 Å². The topological polar surface area (TPSA) is 12.0 Å². The van der Waals surface area contributed by atoms with E-state index < -0.39 is 11.7 Å². The fraction of sp³-hybridized carbons (Fsp3) is 0.571. The van der Waals surface area contributed by atoms with Crippen LogP contribution in [0, 0.1) is 5.41 Å². The molecule has 1 nitrogen and oxygen atoms in total. The van der Waals surface area contributed by atoms with E-state index in [0.717, 1.165) is 25.3 Å². The molecule has 106 valence electrons. The van der Waals surface area contributed by atoms with Crippen LogP contribution in [0.4, 0.5) is 18.9 Å². The second-order valence-corrected chi connectivity index (χ2v) is 6.15. The van der Waals surface area contributed by atoms with E-state index in [0.29, 0.717) is 0 Å². The Labute approximate surface area is 116 Å². The number of rotatable bonds is 2. The molecule has 0 heterocycles. The second kappa shape index (κ2) is 4.89. The van der Waals surface area contributed by atoms with Crippen molar-refractivity contribution < 1.29 is 13.2 Å². The molecule has 1 aliphatic carbocycles. The number of alkyl halides is 3. The Bertz CT molecular complexity index is 468. The zero-order valence-electron chi connectivity index (χ0n) is 10.9. The normalized spacial score (nSPS) is 22.5. The van der Waals surface area contributed by atoms with Crippen molar-refractivity contribution in [3.8, 4) is 0 Å². The van der Waals surface area contributed by atoms with Crippen LogP contribution in [-0.2, 0) is 6.18 Å². The van der Waals surface area contributed by atoms with Crippen LogP contribution >= 0.6 is 11.6 Å². The van der Waals surface area contributed by atoms with Crippen molar-refractivity contribution in [1.29, 1.82) is 0 Å². The Kier molecular flexibility index (Phi) is 3.74. The van der Waals surface area contributed by atoms with E-state index in [2.05, 4.69) is 19.2 Å². The van der Waals surface area contributed by atoms with E-state index in [1.807, 2.05) is 0 Å². The van der Waals surface area contributed by atoms with Crippen molar-refractivity contribution in [2.45, 2.75) is 45.3 Å². The van der Waals surface area contributed by atoms with E-state index in [1.165, 1.54) is 12.1 Å². The molecule has 0 aromatic heterocycles. The molecule has 5 heteroatoms. The van der Waals surface area contributed by atoms with Crippen LogP contribution in [0.1, 0.15) is 38.7 Å². The van der Waals surface area contributed by atoms with Crippen LogP contribution in [0.15, 0.2) is 18.2 Å². The standard InChI is InChI=1S/C14H17ClF3N/c1-13(2)8-4-7-11(13)19-12-9(14(16,17)18)5-3-6-10(12)15/h3,5-6,11,19H,4,7-8H2,1-2H3. The van der Waals surface area contributed by atoms with Crippen LogP contribution in [-0.4, -0.2) is 6.04 Å². The first-order valence-electron chi connectivity index (χ1n) is 6.34. The number of para-hydroxylation sites is 1. The van der Waals surface area contributed by atoms with Crippen LogP contribution in [0.2, 0.25) is 5.02 Å². The minimum absolute atomic E-state index is 0.0108. The van der Waals surface area contributed by atoms with Gasteiger partial charge in [-0.25, -0.2) is 0 Å². The monoisotopic (exact) mass is 291 g/mol. The lowest BCUT2D eigenvalue weighted by Gasteiger charge is -2.30. The first kappa shape index (κ1) is 14.5. The summed E-state index contributed by atoms with van der Waals surface area (Å²) in [6.45, 7) is 4.14. The summed E-state index contributed by atoms with van der Waals surface area (Å²) in [6, 6.07) is 3.90. The third kappa shape index (κ3) is 2.99. The number of hydrogen-bond acceptors (Lipinski definition) is 1. The third-order valence-corrected chi connectivity index (χ3v) is 4.21. The molecule has 0 saturated heterocycles. The lowest BCUT2D eigenvalue weighted by molar-refractivity contribution is -0.137. The second-order valence-electron chi connectivity index (χ2n) is 5.74. The Hall–Kier alpha value is -0.900. The van der Waals surface area contributed by atoms with E-state index in [-0.39, 0.29) is 22.2 Å². The summed E-state index contributed by atoms with van der Waals surface area (Å²) < 4.78 is 39.0. The van der Waals surface area contributed by atoms with Crippen molar-refractivity contribution in [3.63, 3.8) is 0 Å². The van der Waals surface area contributed by atoms with Gasteiger partial charge in [0.15, 0.2) is 0 Å². The SMILES string of the molecule is CC1(C)CCCC1Nc1c(Cl)cccc1C(F)(F)F. The summed E-state index contributed by atoms with van der Waals surface area (Å²) in [4.78, 5) is 0. The van der Waals surface area contributed by atoms with E-state index >= 15 is 0 Å². The number of anilines is 1. The van der Waals surface area contributed by atoms with Gasteiger partial charge in [0, 0.05) is 6.04 Å². The molecule has 2 rings (SSSR count). The van der Waals surface area contributed by atoms with Gasteiger partial charge in [-0.3, -0.25) is 0 Å². The molecule has 0 spiro atoms. The average Bonchev–Trinajstić information content (AvgIpc) is 2.59. The van der Waals surface area contributed by atoms with Gasteiger partial charge in [-0.2, -0.15) is 13.2 Å². The van der Waals surface area contributed by atoms with Crippen LogP contribution in [0.3, 0.4) is 0 Å². The van der Waals surface area contributed by atoms with E-state index in [9.17, 15) is 13.2 Å². The highest BCUT2D eigenvalue weighted by Gasteiger charge is 2.38. The summed E-state index contributed by atoms with van der Waals surface area (Å²) in [7, 11) is 0. The van der Waals surface area contributed by atoms with E-state index in [1.54, 1.807) is 0 Å². The number of benzene rings is 1. The zero-order valence-corrected chi connectivity index (χ0v) is 11.7. The molecule has 0 radical (unpaired) electrons. The van der Waals surface area contributed by atoms with Crippen molar-refractivity contribution in [2.24, 2.45) is 5.41 Å². The first-order chi connectivity index (χ1) is 8.72. The minimum Gasteiger partial charge on any atom is -0.380 e. The fourth-order valence-electron chi connectivity index (χ4n) is 2.68. The Balaban J connectivity index is 2.35. The van der Waals surface area contributed by atoms with Crippen molar-refractivity contribution >= 4 is 17.3 Å². The lowest BCUT2D eigenvalue weighted by Crippen LogP contribution is -2.31. The molecular formula is C14H17ClF3N. The highest BCUT2D eigenvalue weighted by molar-refractivity contribution is 6.33. The Morgan fingerprint density at radius 1 is 1.32 bits per heavy atom. The number of nitrogens with one attached hydrogen (secondary N) is 1. The smallest absolute Gasteiger partial charge is 0.380 e. The van der Waals surface area contributed by atoms with Gasteiger partial charge in [0.25, 0.3) is 0 Å². The summed E-state index contributed by atoms with van der Waals surface area (Å²) in [6.07, 6.45) is -1.49. The van der Waals surface area contributed by atoms with Gasteiger partial charge in [-0.1, -0.05) is 37.9 Å². The van der Waals surface area contributed by atoms with Gasteiger partial charge in [0.2, 0.25) is 0 Å². The average molecular weight is 292 g/mol. The van der Waals surface area contributed by atoms with Crippen LogP contribution in [0.25, 0.3) is 0 Å². The molecular weight excluding hydrogens is 275 g/mol. The molecule has 0 amide bonds. The molecule has 19 heavy (non-hydrogen) atoms. The molecule has 1 aromatic carbocycles. The lowest BCUT2D eigenvalue weighted by atomic mass is 9.87. The van der Waals surface area contributed by atoms with Gasteiger partial charge in [-0.15, -0.1) is 0 Å². The maximum Gasteiger partial charge on any atom is 0.418 e. The zero-order chi connectivity index (χ0) is 14.3. The molecule has 1 N–H and O–H groups in total.